The molecule has 1 fully saturated rings. The molecule has 2 rings (SSSR count). The number of carbonyl (C=O) groups excluding carboxylic acids is 2. The Labute approximate surface area is 200 Å². The largest absolute Gasteiger partial charge is 0.492 e. The van der Waals surface area contributed by atoms with Gasteiger partial charge in [-0.3, -0.25) is 19.7 Å². The first-order valence-corrected chi connectivity index (χ1v) is 12.3. The van der Waals surface area contributed by atoms with Gasteiger partial charge in [-0.25, -0.2) is 0 Å². The number of nitro groups is 1. The van der Waals surface area contributed by atoms with Crippen molar-refractivity contribution >= 4 is 29.5 Å². The third-order valence-electron chi connectivity index (χ3n) is 6.15. The van der Waals surface area contributed by atoms with E-state index in [1.165, 1.54) is 31.4 Å². The fourth-order valence-corrected chi connectivity index (χ4v) is 4.52. The Morgan fingerprint density at radius 2 is 2.03 bits per heavy atom. The summed E-state index contributed by atoms with van der Waals surface area (Å²) in [7, 11) is 0. The summed E-state index contributed by atoms with van der Waals surface area (Å²) in [6.45, 7) is 3.15. The molecular formula is C24H35ClN2O6. The number of aldehydes is 1. The number of hydrogen-bond acceptors (Lipinski definition) is 6. The number of halogens is 1. The van der Waals surface area contributed by atoms with Gasteiger partial charge in [-0.2, -0.15) is 0 Å². The Hall–Kier alpha value is -2.19. The Morgan fingerprint density at radius 1 is 1.30 bits per heavy atom. The molecule has 0 aliphatic heterocycles. The monoisotopic (exact) mass is 482 g/mol. The first-order chi connectivity index (χ1) is 15.9. The zero-order valence-corrected chi connectivity index (χ0v) is 20.1. The molecule has 0 aromatic heterocycles. The number of aliphatic hydroxyl groups excluding tert-OH is 1. The Kier molecular flexibility index (Phi) is 11.6. The standard InChI is InChI=1S/C24H35ClN2O6/c1-2-3-15-26(18-8-5-4-6-9-18)23(30)14-11-19(29)10-7-16-33-22-13-12-21(27(31)32)20(17-28)24(22)25/h12-13,17-19,29H,2-11,14-16H2,1H3. The second-order valence-electron chi connectivity index (χ2n) is 8.60. The predicted octanol–water partition coefficient (Wildman–Crippen LogP) is 5.32. The molecule has 0 radical (unpaired) electrons. The summed E-state index contributed by atoms with van der Waals surface area (Å²) in [6.07, 6.45) is 9.23. The molecule has 33 heavy (non-hydrogen) atoms. The Balaban J connectivity index is 1.77. The van der Waals surface area contributed by atoms with Crippen molar-refractivity contribution in [3.05, 3.63) is 32.8 Å². The van der Waals surface area contributed by atoms with Crippen molar-refractivity contribution in [1.82, 2.24) is 4.90 Å². The van der Waals surface area contributed by atoms with Crippen LogP contribution in [0.3, 0.4) is 0 Å². The van der Waals surface area contributed by atoms with Crippen molar-refractivity contribution < 1.29 is 24.4 Å². The van der Waals surface area contributed by atoms with E-state index in [1.54, 1.807) is 0 Å². The summed E-state index contributed by atoms with van der Waals surface area (Å²) in [5.74, 6) is 0.317. The summed E-state index contributed by atoms with van der Waals surface area (Å²) in [4.78, 5) is 36.3. The lowest BCUT2D eigenvalue weighted by molar-refractivity contribution is -0.385. The highest BCUT2D eigenvalue weighted by atomic mass is 35.5. The highest BCUT2D eigenvalue weighted by molar-refractivity contribution is 6.34. The van der Waals surface area contributed by atoms with E-state index in [0.29, 0.717) is 38.0 Å². The molecule has 9 heteroatoms. The lowest BCUT2D eigenvalue weighted by atomic mass is 9.93. The summed E-state index contributed by atoms with van der Waals surface area (Å²) < 4.78 is 5.55. The number of unbranched alkanes of at least 4 members (excludes halogenated alkanes) is 1. The van der Waals surface area contributed by atoms with E-state index in [9.17, 15) is 24.8 Å². The van der Waals surface area contributed by atoms with Gasteiger partial charge in [0.1, 0.15) is 16.3 Å². The van der Waals surface area contributed by atoms with Crippen LogP contribution in [0.1, 0.15) is 87.9 Å². The maximum Gasteiger partial charge on any atom is 0.281 e. The molecule has 1 aromatic carbocycles. The molecule has 0 bridgehead atoms. The fourth-order valence-electron chi connectivity index (χ4n) is 4.26. The molecule has 0 saturated heterocycles. The summed E-state index contributed by atoms with van der Waals surface area (Å²) in [6, 6.07) is 2.88. The summed E-state index contributed by atoms with van der Waals surface area (Å²) in [5, 5.41) is 21.2. The summed E-state index contributed by atoms with van der Waals surface area (Å²) >= 11 is 6.06. The van der Waals surface area contributed by atoms with Crippen molar-refractivity contribution in [3.63, 3.8) is 0 Å². The van der Waals surface area contributed by atoms with Crippen LogP contribution in [0, 0.1) is 10.1 Å². The Morgan fingerprint density at radius 3 is 2.67 bits per heavy atom. The average molecular weight is 483 g/mol. The first kappa shape index (κ1) is 27.1. The maximum absolute atomic E-state index is 12.8. The van der Waals surface area contributed by atoms with Crippen molar-refractivity contribution in [2.75, 3.05) is 13.2 Å². The van der Waals surface area contributed by atoms with Crippen molar-refractivity contribution in [3.8, 4) is 5.75 Å². The van der Waals surface area contributed by atoms with Crippen LogP contribution < -0.4 is 4.74 Å². The molecule has 1 atom stereocenters. The van der Waals surface area contributed by atoms with Crippen LogP contribution in [0.2, 0.25) is 5.02 Å². The van der Waals surface area contributed by atoms with Crippen LogP contribution >= 0.6 is 11.6 Å². The molecule has 1 unspecified atom stereocenters. The molecule has 184 valence electrons. The van der Waals surface area contributed by atoms with Crippen LogP contribution in [0.5, 0.6) is 5.75 Å². The van der Waals surface area contributed by atoms with Gasteiger partial charge >= 0.3 is 0 Å². The number of nitro benzene ring substituents is 1. The minimum Gasteiger partial charge on any atom is -0.492 e. The number of aliphatic hydroxyl groups is 1. The highest BCUT2D eigenvalue weighted by Gasteiger charge is 2.25. The van der Waals surface area contributed by atoms with Crippen molar-refractivity contribution in [2.24, 2.45) is 0 Å². The molecule has 0 heterocycles. The number of benzene rings is 1. The number of nitrogens with zero attached hydrogens (tertiary/aromatic N) is 2. The van der Waals surface area contributed by atoms with Crippen LogP contribution in [-0.4, -0.2) is 52.4 Å². The zero-order chi connectivity index (χ0) is 24.2. The molecule has 1 saturated carbocycles. The minimum absolute atomic E-state index is 0.0970. The van der Waals surface area contributed by atoms with Gasteiger partial charge in [-0.15, -0.1) is 0 Å². The van der Waals surface area contributed by atoms with E-state index >= 15 is 0 Å². The van der Waals surface area contributed by atoms with Crippen LogP contribution in [-0.2, 0) is 4.79 Å². The topological polar surface area (TPSA) is 110 Å². The van der Waals surface area contributed by atoms with E-state index in [4.69, 9.17) is 16.3 Å². The fraction of sp³-hybridized carbons (Fsp3) is 0.667. The number of hydrogen-bond donors (Lipinski definition) is 1. The molecular weight excluding hydrogens is 448 g/mol. The third kappa shape index (κ3) is 8.27. The van der Waals surface area contributed by atoms with Crippen LogP contribution in [0.15, 0.2) is 12.1 Å². The normalized spacial score (nSPS) is 15.1. The molecule has 8 nitrogen and oxygen atoms in total. The molecule has 1 amide bonds. The van der Waals surface area contributed by atoms with Gasteiger partial charge in [-0.1, -0.05) is 44.2 Å². The number of carbonyl (C=O) groups is 2. The van der Waals surface area contributed by atoms with Crippen molar-refractivity contribution in [2.45, 2.75) is 89.7 Å². The molecule has 1 aromatic rings. The van der Waals surface area contributed by atoms with Gasteiger partial charge in [0.2, 0.25) is 5.91 Å². The molecule has 1 N–H and O–H groups in total. The van der Waals surface area contributed by atoms with Crippen LogP contribution in [0.25, 0.3) is 0 Å². The molecule has 0 spiro atoms. The predicted molar refractivity (Wildman–Crippen MR) is 127 cm³/mol. The van der Waals surface area contributed by atoms with E-state index in [2.05, 4.69) is 6.92 Å². The molecule has 1 aliphatic carbocycles. The van der Waals surface area contributed by atoms with Gasteiger partial charge in [0, 0.05) is 25.1 Å². The van der Waals surface area contributed by atoms with Crippen molar-refractivity contribution in [1.29, 1.82) is 0 Å². The average Bonchev–Trinajstić information content (AvgIpc) is 2.81. The first-order valence-electron chi connectivity index (χ1n) is 11.9. The van der Waals surface area contributed by atoms with Gasteiger partial charge in [0.15, 0.2) is 6.29 Å². The van der Waals surface area contributed by atoms with Gasteiger partial charge < -0.3 is 14.7 Å². The van der Waals surface area contributed by atoms with E-state index in [0.717, 1.165) is 32.2 Å². The number of amides is 1. The van der Waals surface area contributed by atoms with Gasteiger partial charge in [0.05, 0.1) is 17.6 Å². The van der Waals surface area contributed by atoms with E-state index < -0.39 is 11.0 Å². The molecule has 1 aliphatic rings. The maximum atomic E-state index is 12.8. The van der Waals surface area contributed by atoms with E-state index in [1.807, 2.05) is 4.90 Å². The minimum atomic E-state index is -0.672. The summed E-state index contributed by atoms with van der Waals surface area (Å²) in [5.41, 5.74) is -0.591. The number of rotatable bonds is 14. The smallest absolute Gasteiger partial charge is 0.281 e. The second kappa shape index (κ2) is 14.2. The quantitative estimate of drug-likeness (QED) is 0.166. The van der Waals surface area contributed by atoms with Crippen LogP contribution in [0.4, 0.5) is 5.69 Å². The highest BCUT2D eigenvalue weighted by Crippen LogP contribution is 2.33. The Bertz CT molecular complexity index is 797. The van der Waals surface area contributed by atoms with Gasteiger partial charge in [-0.05, 0) is 44.6 Å². The SMILES string of the molecule is CCCCN(C(=O)CCC(O)CCCOc1ccc([N+](=O)[O-])c(C=O)c1Cl)C1CCCCC1. The van der Waals surface area contributed by atoms with E-state index in [-0.39, 0.29) is 34.5 Å². The third-order valence-corrected chi connectivity index (χ3v) is 6.54. The second-order valence-corrected chi connectivity index (χ2v) is 8.98. The zero-order valence-electron chi connectivity index (χ0n) is 19.3. The number of ether oxygens (including phenoxy) is 1. The van der Waals surface area contributed by atoms with Gasteiger partial charge in [0.25, 0.3) is 5.69 Å². The lowest BCUT2D eigenvalue weighted by Gasteiger charge is -2.34. The lowest BCUT2D eigenvalue weighted by Crippen LogP contribution is -2.42.